The smallest absolute Gasteiger partial charge is 0.134 e. The highest BCUT2D eigenvalue weighted by molar-refractivity contribution is 6.29. The van der Waals surface area contributed by atoms with E-state index in [-0.39, 0.29) is 0 Å². The van der Waals surface area contributed by atoms with Crippen LogP contribution in [0.1, 0.15) is 142 Å². The molecule has 0 aliphatic carbocycles. The molecule has 2 aromatic heterocycles. The fraction of sp³-hybridized carbons (Fsp3) is 0.778. The van der Waals surface area contributed by atoms with Crippen LogP contribution in [0.5, 0.6) is 0 Å². The van der Waals surface area contributed by atoms with Gasteiger partial charge < -0.3 is 20.1 Å². The third-order valence-electron chi connectivity index (χ3n) is 7.54. The summed E-state index contributed by atoms with van der Waals surface area (Å²) in [6.45, 7) is 10.2. The van der Waals surface area contributed by atoms with Gasteiger partial charge in [0.25, 0.3) is 0 Å². The second kappa shape index (κ2) is 33.3. The molecule has 258 valence electrons. The fourth-order valence-electron chi connectivity index (χ4n) is 4.80. The highest BCUT2D eigenvalue weighted by Crippen LogP contribution is 2.11. The summed E-state index contributed by atoms with van der Waals surface area (Å²) in [7, 11) is 0. The molecule has 0 saturated carbocycles. The lowest BCUT2D eigenvalue weighted by molar-refractivity contribution is 0.125. The van der Waals surface area contributed by atoms with Crippen molar-refractivity contribution in [1.82, 2.24) is 19.9 Å². The maximum absolute atomic E-state index is 5.81. The Bertz CT molecular complexity index is 864. The van der Waals surface area contributed by atoms with Crippen LogP contribution in [0.3, 0.4) is 0 Å². The van der Waals surface area contributed by atoms with Crippen molar-refractivity contribution in [1.29, 1.82) is 0 Å². The van der Waals surface area contributed by atoms with Crippen molar-refractivity contribution in [3.8, 4) is 0 Å². The maximum atomic E-state index is 5.81. The molecule has 0 radical (unpaired) electrons. The third-order valence-corrected chi connectivity index (χ3v) is 7.75. The van der Waals surface area contributed by atoms with Crippen LogP contribution in [0.25, 0.3) is 0 Å². The Hall–Kier alpha value is -2.03. The highest BCUT2D eigenvalue weighted by atomic mass is 35.5. The van der Waals surface area contributed by atoms with E-state index in [1.807, 2.05) is 6.07 Å². The number of hydrogen-bond donors (Lipinski definition) is 2. The first kappa shape index (κ1) is 41.0. The van der Waals surface area contributed by atoms with Crippen molar-refractivity contribution in [2.75, 3.05) is 50.2 Å². The van der Waals surface area contributed by atoms with Crippen molar-refractivity contribution in [3.63, 3.8) is 0 Å². The zero-order valence-corrected chi connectivity index (χ0v) is 29.5. The zero-order chi connectivity index (χ0) is 32.3. The van der Waals surface area contributed by atoms with Gasteiger partial charge in [0.15, 0.2) is 0 Å². The van der Waals surface area contributed by atoms with Gasteiger partial charge in [0.1, 0.15) is 29.4 Å². The summed E-state index contributed by atoms with van der Waals surface area (Å²) >= 11 is 5.81. The average molecular weight is 649 g/mol. The number of anilines is 2. The van der Waals surface area contributed by atoms with Crippen LogP contribution in [-0.2, 0) is 9.47 Å². The lowest BCUT2D eigenvalue weighted by Crippen LogP contribution is -2.03. The molecule has 45 heavy (non-hydrogen) atoms. The van der Waals surface area contributed by atoms with Crippen LogP contribution in [0.2, 0.25) is 5.15 Å². The molecular formula is C36H65ClN6O2. The van der Waals surface area contributed by atoms with Gasteiger partial charge in [-0.05, 0) is 44.6 Å². The van der Waals surface area contributed by atoms with E-state index in [1.54, 1.807) is 18.6 Å². The normalized spacial score (nSPS) is 10.8. The zero-order valence-electron chi connectivity index (χ0n) is 28.8. The quantitative estimate of drug-likeness (QED) is 0.0638. The first-order chi connectivity index (χ1) is 22.3. The van der Waals surface area contributed by atoms with Crippen molar-refractivity contribution < 1.29 is 9.47 Å². The van der Waals surface area contributed by atoms with Gasteiger partial charge in [0, 0.05) is 51.8 Å². The Morgan fingerprint density at radius 2 is 0.978 bits per heavy atom. The molecule has 0 spiro atoms. The lowest BCUT2D eigenvalue weighted by Gasteiger charge is -2.06. The fourth-order valence-corrected chi connectivity index (χ4v) is 4.94. The van der Waals surface area contributed by atoms with Crippen molar-refractivity contribution in [2.24, 2.45) is 0 Å². The van der Waals surface area contributed by atoms with Gasteiger partial charge >= 0.3 is 0 Å². The minimum Gasteiger partial charge on any atom is -0.381 e. The second-order valence-corrected chi connectivity index (χ2v) is 12.2. The van der Waals surface area contributed by atoms with E-state index >= 15 is 0 Å². The summed E-state index contributed by atoms with van der Waals surface area (Å²) in [5.41, 5.74) is 0. The summed E-state index contributed by atoms with van der Waals surface area (Å²) in [5.74, 6) is 1.73. The van der Waals surface area contributed by atoms with E-state index in [0.29, 0.717) is 5.15 Å². The summed E-state index contributed by atoms with van der Waals surface area (Å²) < 4.78 is 11.3. The van der Waals surface area contributed by atoms with Gasteiger partial charge in [-0.1, -0.05) is 115 Å². The predicted molar refractivity (Wildman–Crippen MR) is 191 cm³/mol. The predicted octanol–water partition coefficient (Wildman–Crippen LogP) is 10.3. The van der Waals surface area contributed by atoms with E-state index in [9.17, 15) is 0 Å². The van der Waals surface area contributed by atoms with Crippen LogP contribution in [0.15, 0.2) is 31.0 Å². The first-order valence-electron chi connectivity index (χ1n) is 18.1. The van der Waals surface area contributed by atoms with Crippen molar-refractivity contribution in [2.45, 2.75) is 142 Å². The van der Waals surface area contributed by atoms with E-state index in [2.05, 4.69) is 44.4 Å². The van der Waals surface area contributed by atoms with Crippen LogP contribution < -0.4 is 10.6 Å². The Morgan fingerprint density at radius 1 is 0.533 bits per heavy atom. The molecule has 0 saturated heterocycles. The Morgan fingerprint density at radius 3 is 1.44 bits per heavy atom. The molecule has 0 aliphatic rings. The maximum Gasteiger partial charge on any atom is 0.134 e. The van der Waals surface area contributed by atoms with Crippen molar-refractivity contribution in [3.05, 3.63) is 36.1 Å². The largest absolute Gasteiger partial charge is 0.381 e. The number of ether oxygens (including phenoxy) is 2. The average Bonchev–Trinajstić information content (AvgIpc) is 3.06. The standard InChI is InChI=1S/C18H32ClN3O.C18H33N3O/c1-2-3-4-10-13-23-14-11-8-6-5-7-9-12-20-18-15-17(19)21-16-22-18;1-2-3-4-10-15-22-16-11-8-6-5-7-9-13-20-18-12-14-19-17-21-18/h15-16H,2-14H2,1H3,(H,20,21,22);12,14,17H,2-11,13,15-16H2,1H3,(H,19,20,21). The van der Waals surface area contributed by atoms with Gasteiger partial charge in [-0.3, -0.25) is 0 Å². The van der Waals surface area contributed by atoms with Gasteiger partial charge in [-0.25, -0.2) is 19.9 Å². The highest BCUT2D eigenvalue weighted by Gasteiger charge is 1.97. The number of halogens is 1. The molecule has 2 rings (SSSR count). The number of hydrogen-bond acceptors (Lipinski definition) is 8. The Kier molecular flexibility index (Phi) is 30.4. The molecule has 0 fully saturated rings. The van der Waals surface area contributed by atoms with Crippen LogP contribution in [0, 0.1) is 0 Å². The molecule has 8 nitrogen and oxygen atoms in total. The van der Waals surface area contributed by atoms with Gasteiger partial charge in [0.2, 0.25) is 0 Å². The topological polar surface area (TPSA) is 94.1 Å². The monoisotopic (exact) mass is 648 g/mol. The number of nitrogens with one attached hydrogen (secondary N) is 2. The lowest BCUT2D eigenvalue weighted by atomic mass is 10.1. The van der Waals surface area contributed by atoms with E-state index in [0.717, 1.165) is 57.6 Å². The number of aromatic nitrogens is 4. The molecule has 2 heterocycles. The van der Waals surface area contributed by atoms with Gasteiger partial charge in [-0.2, -0.15) is 0 Å². The summed E-state index contributed by atoms with van der Waals surface area (Å²) in [5, 5.41) is 7.06. The van der Waals surface area contributed by atoms with Gasteiger partial charge in [-0.15, -0.1) is 0 Å². The molecule has 9 heteroatoms. The Labute approximate surface area is 280 Å². The molecule has 0 atom stereocenters. The molecule has 0 amide bonds. The van der Waals surface area contributed by atoms with E-state index < -0.39 is 0 Å². The van der Waals surface area contributed by atoms with Crippen molar-refractivity contribution >= 4 is 23.2 Å². The molecule has 2 aromatic rings. The summed E-state index contributed by atoms with van der Waals surface area (Å²) in [6.07, 6.45) is 30.3. The van der Waals surface area contributed by atoms with Crippen LogP contribution >= 0.6 is 11.6 Å². The van der Waals surface area contributed by atoms with Crippen LogP contribution in [0.4, 0.5) is 11.6 Å². The first-order valence-corrected chi connectivity index (χ1v) is 18.5. The Balaban J connectivity index is 0.000000450. The molecule has 0 aliphatic heterocycles. The number of rotatable bonds is 30. The molecule has 0 aromatic carbocycles. The molecule has 0 unspecified atom stereocenters. The van der Waals surface area contributed by atoms with E-state index in [1.165, 1.54) is 128 Å². The molecule has 0 bridgehead atoms. The molecular weight excluding hydrogens is 584 g/mol. The van der Waals surface area contributed by atoms with Crippen LogP contribution in [-0.4, -0.2) is 59.5 Å². The number of unbranched alkanes of at least 4 members (excludes halogenated alkanes) is 16. The van der Waals surface area contributed by atoms with E-state index in [4.69, 9.17) is 21.1 Å². The minimum atomic E-state index is 0.482. The number of nitrogens with zero attached hydrogens (tertiary/aromatic N) is 4. The van der Waals surface area contributed by atoms with Gasteiger partial charge in [0.05, 0.1) is 0 Å². The summed E-state index contributed by atoms with van der Waals surface area (Å²) in [6, 6.07) is 3.66. The SMILES string of the molecule is CCCCCCOCCCCCCCCNc1cc(Cl)ncn1.CCCCCCOCCCCCCCCNc1ccncn1. The third kappa shape index (κ3) is 29.1. The summed E-state index contributed by atoms with van der Waals surface area (Å²) in [4.78, 5) is 16.0. The molecule has 2 N–H and O–H groups in total. The second-order valence-electron chi connectivity index (χ2n) is 11.8. The minimum absolute atomic E-state index is 0.482.